The lowest BCUT2D eigenvalue weighted by molar-refractivity contribution is 0.158. The molecule has 1 aliphatic heterocycles. The van der Waals surface area contributed by atoms with Gasteiger partial charge >= 0.3 is 6.03 Å². The molecule has 2 aromatic rings. The van der Waals surface area contributed by atoms with Crippen molar-refractivity contribution >= 4 is 6.03 Å². The number of piperidine rings is 1. The molecule has 3 rings (SSSR count). The van der Waals surface area contributed by atoms with Crippen LogP contribution in [0.1, 0.15) is 30.0 Å². The molecule has 0 spiro atoms. The van der Waals surface area contributed by atoms with Gasteiger partial charge in [0.05, 0.1) is 0 Å². The Labute approximate surface area is 158 Å². The maximum absolute atomic E-state index is 13.4. The molecule has 1 atom stereocenters. The number of urea groups is 1. The minimum atomic E-state index is -0.259. The van der Waals surface area contributed by atoms with E-state index in [2.05, 4.69) is 10.6 Å². The van der Waals surface area contributed by atoms with Crippen LogP contribution in [-0.2, 0) is 6.54 Å². The van der Waals surface area contributed by atoms with Gasteiger partial charge in [-0.2, -0.15) is 0 Å². The Kier molecular flexibility index (Phi) is 6.40. The number of likely N-dealkylation sites (tertiary alicyclic amines) is 1. The van der Waals surface area contributed by atoms with Crippen molar-refractivity contribution in [1.82, 2.24) is 15.5 Å². The van der Waals surface area contributed by atoms with Crippen LogP contribution >= 0.6 is 0 Å². The number of carbonyl (C=O) groups is 1. The van der Waals surface area contributed by atoms with Crippen LogP contribution in [-0.4, -0.2) is 31.1 Å². The van der Waals surface area contributed by atoms with Gasteiger partial charge in [-0.05, 0) is 54.2 Å². The van der Waals surface area contributed by atoms with Gasteiger partial charge in [0.2, 0.25) is 0 Å². The molecule has 144 valence electrons. The van der Waals surface area contributed by atoms with E-state index in [1.807, 2.05) is 17.0 Å². The lowest BCUT2D eigenvalue weighted by Gasteiger charge is -2.36. The lowest BCUT2D eigenvalue weighted by atomic mass is 9.85. The molecule has 0 bridgehead atoms. The minimum Gasteiger partial charge on any atom is -0.341 e. The van der Waals surface area contributed by atoms with Crippen molar-refractivity contribution in [2.24, 2.45) is 5.92 Å². The molecule has 2 amide bonds. The summed E-state index contributed by atoms with van der Waals surface area (Å²) >= 11 is 0. The fraction of sp³-hybridized carbons (Fsp3) is 0.381. The van der Waals surface area contributed by atoms with E-state index in [1.165, 1.54) is 24.3 Å². The first kappa shape index (κ1) is 19.3. The molecular weight excluding hydrogens is 348 g/mol. The molecule has 4 nitrogen and oxygen atoms in total. The van der Waals surface area contributed by atoms with Crippen LogP contribution in [0.25, 0.3) is 0 Å². The summed E-state index contributed by atoms with van der Waals surface area (Å²) in [6.07, 6.45) is 1.73. The summed E-state index contributed by atoms with van der Waals surface area (Å²) in [5, 5.41) is 6.22. The molecule has 6 heteroatoms. The number of nitrogens with one attached hydrogen (secondary N) is 2. The van der Waals surface area contributed by atoms with Gasteiger partial charge in [-0.1, -0.05) is 24.3 Å². The van der Waals surface area contributed by atoms with Crippen LogP contribution in [0.5, 0.6) is 0 Å². The molecule has 2 aromatic carbocycles. The maximum Gasteiger partial charge on any atom is 0.317 e. The van der Waals surface area contributed by atoms with Crippen molar-refractivity contribution in [3.05, 3.63) is 71.3 Å². The van der Waals surface area contributed by atoms with Gasteiger partial charge < -0.3 is 15.5 Å². The SMILES string of the molecule is CNC(=O)N1CCC(C(NCc2ccc(F)cc2)c2ccc(F)cc2)CC1. The van der Waals surface area contributed by atoms with Gasteiger partial charge in [0.25, 0.3) is 0 Å². The lowest BCUT2D eigenvalue weighted by Crippen LogP contribution is -2.45. The molecule has 0 aliphatic carbocycles. The Morgan fingerprint density at radius 3 is 2.15 bits per heavy atom. The summed E-state index contributed by atoms with van der Waals surface area (Å²) in [5.41, 5.74) is 2.02. The average Bonchev–Trinajstić information content (AvgIpc) is 2.70. The molecule has 1 saturated heterocycles. The summed E-state index contributed by atoms with van der Waals surface area (Å²) in [5.74, 6) is -0.183. The monoisotopic (exact) mass is 373 g/mol. The molecule has 1 aliphatic rings. The normalized spacial score (nSPS) is 16.2. The summed E-state index contributed by atoms with van der Waals surface area (Å²) in [6, 6.07) is 13.0. The van der Waals surface area contributed by atoms with E-state index in [0.29, 0.717) is 25.6 Å². The Hall–Kier alpha value is -2.47. The van der Waals surface area contributed by atoms with Gasteiger partial charge in [-0.25, -0.2) is 13.6 Å². The maximum atomic E-state index is 13.4. The minimum absolute atomic E-state index is 0.0440. The Morgan fingerprint density at radius 1 is 1.04 bits per heavy atom. The number of halogens is 2. The molecular formula is C21H25F2N3O. The van der Waals surface area contributed by atoms with Crippen LogP contribution in [0.15, 0.2) is 48.5 Å². The van der Waals surface area contributed by atoms with Crippen molar-refractivity contribution in [1.29, 1.82) is 0 Å². The third-order valence-electron chi connectivity index (χ3n) is 5.18. The van der Waals surface area contributed by atoms with Crippen molar-refractivity contribution < 1.29 is 13.6 Å². The number of rotatable bonds is 5. The largest absolute Gasteiger partial charge is 0.341 e. The smallest absolute Gasteiger partial charge is 0.317 e. The number of amides is 2. The molecule has 0 saturated carbocycles. The van der Waals surface area contributed by atoms with Gasteiger partial charge in [0.1, 0.15) is 11.6 Å². The third-order valence-corrected chi connectivity index (χ3v) is 5.18. The Bertz CT molecular complexity index is 741. The highest BCUT2D eigenvalue weighted by Gasteiger charge is 2.29. The van der Waals surface area contributed by atoms with Crippen LogP contribution < -0.4 is 10.6 Å². The topological polar surface area (TPSA) is 44.4 Å². The van der Waals surface area contributed by atoms with E-state index in [-0.39, 0.29) is 23.7 Å². The van der Waals surface area contributed by atoms with E-state index >= 15 is 0 Å². The highest BCUT2D eigenvalue weighted by Crippen LogP contribution is 2.31. The van der Waals surface area contributed by atoms with E-state index in [0.717, 1.165) is 24.0 Å². The van der Waals surface area contributed by atoms with Gasteiger partial charge in [0.15, 0.2) is 0 Å². The average molecular weight is 373 g/mol. The fourth-order valence-corrected chi connectivity index (χ4v) is 3.65. The van der Waals surface area contributed by atoms with E-state index in [9.17, 15) is 13.6 Å². The molecule has 27 heavy (non-hydrogen) atoms. The quantitative estimate of drug-likeness (QED) is 0.836. The first-order valence-electron chi connectivity index (χ1n) is 9.27. The van der Waals surface area contributed by atoms with Crippen molar-refractivity contribution in [2.45, 2.75) is 25.4 Å². The summed E-state index contributed by atoms with van der Waals surface area (Å²) in [7, 11) is 1.64. The molecule has 0 aromatic heterocycles. The van der Waals surface area contributed by atoms with Crippen molar-refractivity contribution in [3.63, 3.8) is 0 Å². The molecule has 1 heterocycles. The first-order chi connectivity index (χ1) is 13.1. The number of hydrogen-bond acceptors (Lipinski definition) is 2. The number of nitrogens with zero attached hydrogens (tertiary/aromatic N) is 1. The van der Waals surface area contributed by atoms with Crippen molar-refractivity contribution in [2.75, 3.05) is 20.1 Å². The van der Waals surface area contributed by atoms with Crippen LogP contribution in [0, 0.1) is 17.6 Å². The number of carbonyl (C=O) groups excluding carboxylic acids is 1. The molecule has 1 unspecified atom stereocenters. The predicted octanol–water partition coefficient (Wildman–Crippen LogP) is 3.85. The second kappa shape index (κ2) is 8.95. The highest BCUT2D eigenvalue weighted by molar-refractivity contribution is 5.73. The highest BCUT2D eigenvalue weighted by atomic mass is 19.1. The van der Waals surface area contributed by atoms with Crippen LogP contribution in [0.4, 0.5) is 13.6 Å². The van der Waals surface area contributed by atoms with Crippen LogP contribution in [0.3, 0.4) is 0 Å². The fourth-order valence-electron chi connectivity index (χ4n) is 3.65. The van der Waals surface area contributed by atoms with Crippen molar-refractivity contribution in [3.8, 4) is 0 Å². The third kappa shape index (κ3) is 5.04. The van der Waals surface area contributed by atoms with E-state index in [4.69, 9.17) is 0 Å². The Morgan fingerprint density at radius 2 is 1.59 bits per heavy atom. The second-order valence-corrected chi connectivity index (χ2v) is 6.92. The Balaban J connectivity index is 1.71. The van der Waals surface area contributed by atoms with Gasteiger partial charge in [-0.3, -0.25) is 0 Å². The van der Waals surface area contributed by atoms with Gasteiger partial charge in [-0.15, -0.1) is 0 Å². The molecule has 2 N–H and O–H groups in total. The van der Waals surface area contributed by atoms with E-state index < -0.39 is 0 Å². The number of hydrogen-bond donors (Lipinski definition) is 2. The van der Waals surface area contributed by atoms with E-state index in [1.54, 1.807) is 19.2 Å². The summed E-state index contributed by atoms with van der Waals surface area (Å²) < 4.78 is 26.5. The first-order valence-corrected chi connectivity index (χ1v) is 9.27. The molecule has 1 fully saturated rings. The zero-order chi connectivity index (χ0) is 19.2. The summed E-state index contributed by atoms with van der Waals surface area (Å²) in [6.45, 7) is 1.98. The predicted molar refractivity (Wildman–Crippen MR) is 101 cm³/mol. The second-order valence-electron chi connectivity index (χ2n) is 6.92. The van der Waals surface area contributed by atoms with Crippen LogP contribution in [0.2, 0.25) is 0 Å². The standard InChI is InChI=1S/C21H25F2N3O/c1-24-21(27)26-12-10-17(11-13-26)20(16-4-8-19(23)9-5-16)25-14-15-2-6-18(22)7-3-15/h2-9,17,20,25H,10-14H2,1H3,(H,24,27). The zero-order valence-corrected chi connectivity index (χ0v) is 15.4. The number of benzene rings is 2. The zero-order valence-electron chi connectivity index (χ0n) is 15.4. The summed E-state index contributed by atoms with van der Waals surface area (Å²) in [4.78, 5) is 13.6. The van der Waals surface area contributed by atoms with Gasteiger partial charge in [0, 0.05) is 32.7 Å². The molecule has 0 radical (unpaired) electrons.